The number of hydrogen-bond acceptors (Lipinski definition) is 2. The van der Waals surface area contributed by atoms with Crippen LogP contribution in [-0.2, 0) is 6.42 Å². The molecule has 238 valence electrons. The van der Waals surface area contributed by atoms with Crippen molar-refractivity contribution in [2.24, 2.45) is 11.8 Å². The highest BCUT2D eigenvalue weighted by Gasteiger charge is 2.28. The fourth-order valence-corrected chi connectivity index (χ4v) is 6.97. The molecule has 0 N–H and O–H groups in total. The van der Waals surface area contributed by atoms with Crippen LogP contribution in [0.3, 0.4) is 0 Å². The number of aromatic nitrogens is 2. The van der Waals surface area contributed by atoms with E-state index in [-0.39, 0.29) is 0 Å². The molecule has 3 nitrogen and oxygen atoms in total. The Kier molecular flexibility index (Phi) is 12.5. The molecule has 2 saturated carbocycles. The third kappa shape index (κ3) is 8.99. The topological polar surface area (TPSA) is 21.1 Å². The molecule has 0 atom stereocenters. The molecule has 0 aliphatic heterocycles. The van der Waals surface area contributed by atoms with Gasteiger partial charge >= 0.3 is 0 Å². The van der Waals surface area contributed by atoms with Gasteiger partial charge < -0.3 is 4.90 Å². The van der Waals surface area contributed by atoms with Gasteiger partial charge in [0.25, 0.3) is 0 Å². The van der Waals surface area contributed by atoms with Gasteiger partial charge in [0.2, 0.25) is 0 Å². The maximum atomic E-state index is 4.75. The van der Waals surface area contributed by atoms with Gasteiger partial charge in [0.05, 0.1) is 6.20 Å². The largest absolute Gasteiger partial charge is 0.345 e. The van der Waals surface area contributed by atoms with Gasteiger partial charge in [-0.15, -0.1) is 6.58 Å². The summed E-state index contributed by atoms with van der Waals surface area (Å²) in [4.78, 5) is 2.61. The molecule has 2 aliphatic carbocycles. The van der Waals surface area contributed by atoms with Crippen LogP contribution in [0.4, 0.5) is 5.69 Å². The fourth-order valence-electron chi connectivity index (χ4n) is 6.97. The van der Waals surface area contributed by atoms with Crippen molar-refractivity contribution in [2.45, 2.75) is 124 Å². The first-order valence-electron chi connectivity index (χ1n) is 17.5. The summed E-state index contributed by atoms with van der Waals surface area (Å²) in [7, 11) is 0. The Balaban J connectivity index is 0.000000818. The predicted molar refractivity (Wildman–Crippen MR) is 191 cm³/mol. The van der Waals surface area contributed by atoms with Crippen LogP contribution < -0.4 is 4.90 Å². The average molecular weight is 594 g/mol. The number of aryl methyl sites for hydroxylation is 2. The highest BCUT2D eigenvalue weighted by atomic mass is 15.3. The maximum Gasteiger partial charge on any atom is 0.0568 e. The molecule has 0 bridgehead atoms. The van der Waals surface area contributed by atoms with Gasteiger partial charge in [-0.1, -0.05) is 75.6 Å². The summed E-state index contributed by atoms with van der Waals surface area (Å²) in [6.45, 7) is 22.5. The van der Waals surface area contributed by atoms with E-state index in [4.69, 9.17) is 6.58 Å². The van der Waals surface area contributed by atoms with Gasteiger partial charge in [-0.3, -0.25) is 4.68 Å². The molecule has 2 fully saturated rings. The van der Waals surface area contributed by atoms with Gasteiger partial charge in [0.1, 0.15) is 0 Å². The van der Waals surface area contributed by atoms with Crippen LogP contribution in [0.5, 0.6) is 0 Å². The first-order valence-corrected chi connectivity index (χ1v) is 17.5. The lowest BCUT2D eigenvalue weighted by molar-refractivity contribution is 0.323. The number of benzene rings is 2. The van der Waals surface area contributed by atoms with E-state index in [2.05, 4.69) is 105 Å². The zero-order valence-electron chi connectivity index (χ0n) is 28.7. The summed E-state index contributed by atoms with van der Waals surface area (Å²) in [5, 5.41) is 4.60. The molecule has 3 heteroatoms. The third-order valence-electron chi connectivity index (χ3n) is 10.2. The molecule has 2 aliphatic rings. The Morgan fingerprint density at radius 2 is 1.64 bits per heavy atom. The molecule has 0 radical (unpaired) electrons. The maximum absolute atomic E-state index is 4.75. The average Bonchev–Trinajstić information content (AvgIpc) is 3.55. The summed E-state index contributed by atoms with van der Waals surface area (Å²) in [6.07, 6.45) is 18.3. The summed E-state index contributed by atoms with van der Waals surface area (Å²) in [5.41, 5.74) is 10.8. The minimum absolute atomic E-state index is 0.369. The van der Waals surface area contributed by atoms with E-state index >= 15 is 0 Å². The van der Waals surface area contributed by atoms with Crippen LogP contribution in [0.25, 0.3) is 11.1 Å². The van der Waals surface area contributed by atoms with Gasteiger partial charge in [0.15, 0.2) is 0 Å². The van der Waals surface area contributed by atoms with Crippen molar-refractivity contribution in [2.75, 3.05) is 11.4 Å². The zero-order valence-corrected chi connectivity index (χ0v) is 28.7. The van der Waals surface area contributed by atoms with Crippen molar-refractivity contribution in [3.63, 3.8) is 0 Å². The van der Waals surface area contributed by atoms with Gasteiger partial charge in [-0.2, -0.15) is 5.10 Å². The van der Waals surface area contributed by atoms with Gasteiger partial charge in [0, 0.05) is 35.7 Å². The van der Waals surface area contributed by atoms with Crippen LogP contribution in [0, 0.1) is 18.8 Å². The van der Waals surface area contributed by atoms with Gasteiger partial charge in [-0.25, -0.2) is 0 Å². The van der Waals surface area contributed by atoms with E-state index in [1.807, 2.05) is 13.1 Å². The molecular weight excluding hydrogens is 534 g/mol. The Morgan fingerprint density at radius 1 is 0.932 bits per heavy atom. The molecule has 2 aromatic carbocycles. The molecule has 0 amide bonds. The molecule has 0 spiro atoms. The SMILES string of the molecule is C=C(C)CC.C=C(C1CCCCC1)N(CC1CCC(c2ccc(CC)c(C)c2)CC1)c1cccc(-c2cnn(C(C)C)c2)c1. The number of rotatable bonds is 10. The molecule has 1 aromatic heterocycles. The summed E-state index contributed by atoms with van der Waals surface area (Å²) in [5.74, 6) is 2.04. The standard InChI is InChI=1S/C36H49N3.C5H10/c1-6-30-19-20-34(21-27(30)4)32-17-15-29(16-18-32)24-38(28(5)31-11-8-7-9-12-31)36-14-10-13-33(22-36)35-23-37-39(25-35)26(2)3;1-4-5(2)3/h10,13-14,19-23,25-26,29,31-32H,5-9,11-12,15-18,24H2,1-4H3;2,4H2,1,3H3. The summed E-state index contributed by atoms with van der Waals surface area (Å²) < 4.78 is 2.05. The van der Waals surface area contributed by atoms with E-state index < -0.39 is 0 Å². The highest BCUT2D eigenvalue weighted by molar-refractivity contribution is 5.68. The Bertz CT molecular complexity index is 1350. The lowest BCUT2D eigenvalue weighted by atomic mass is 9.77. The van der Waals surface area contributed by atoms with Crippen LogP contribution >= 0.6 is 0 Å². The second kappa shape index (κ2) is 16.3. The summed E-state index contributed by atoms with van der Waals surface area (Å²) >= 11 is 0. The fraction of sp³-hybridized carbons (Fsp3) is 0.537. The molecule has 1 heterocycles. The first kappa shape index (κ1) is 33.8. The normalized spacial score (nSPS) is 18.9. The van der Waals surface area contributed by atoms with Crippen molar-refractivity contribution < 1.29 is 0 Å². The highest BCUT2D eigenvalue weighted by Crippen LogP contribution is 2.40. The molecule has 0 unspecified atom stereocenters. The molecule has 3 aromatic rings. The number of anilines is 1. The second-order valence-corrected chi connectivity index (χ2v) is 13.9. The zero-order chi connectivity index (χ0) is 31.6. The minimum Gasteiger partial charge on any atom is -0.345 e. The van der Waals surface area contributed by atoms with Crippen molar-refractivity contribution in [3.05, 3.63) is 96.0 Å². The van der Waals surface area contributed by atoms with E-state index in [1.165, 1.54) is 97.0 Å². The molecular formula is C41H59N3. The van der Waals surface area contributed by atoms with Crippen molar-refractivity contribution in [1.29, 1.82) is 0 Å². The number of allylic oxidation sites excluding steroid dienone is 2. The van der Waals surface area contributed by atoms with E-state index in [0.717, 1.165) is 19.4 Å². The van der Waals surface area contributed by atoms with E-state index in [0.29, 0.717) is 23.8 Å². The van der Waals surface area contributed by atoms with Crippen molar-refractivity contribution >= 4 is 5.69 Å². The number of hydrogen-bond donors (Lipinski definition) is 0. The first-order chi connectivity index (χ1) is 21.2. The monoisotopic (exact) mass is 593 g/mol. The lowest BCUT2D eigenvalue weighted by Crippen LogP contribution is -2.33. The summed E-state index contributed by atoms with van der Waals surface area (Å²) in [6, 6.07) is 16.7. The Morgan fingerprint density at radius 3 is 2.23 bits per heavy atom. The molecule has 0 saturated heterocycles. The van der Waals surface area contributed by atoms with E-state index in [9.17, 15) is 0 Å². The lowest BCUT2D eigenvalue weighted by Gasteiger charge is -2.38. The van der Waals surface area contributed by atoms with Crippen LogP contribution in [0.2, 0.25) is 0 Å². The van der Waals surface area contributed by atoms with Crippen molar-refractivity contribution in [3.8, 4) is 11.1 Å². The van der Waals surface area contributed by atoms with Gasteiger partial charge in [-0.05, 0) is 131 Å². The third-order valence-corrected chi connectivity index (χ3v) is 10.2. The smallest absolute Gasteiger partial charge is 0.0568 e. The predicted octanol–water partition coefficient (Wildman–Crippen LogP) is 11.8. The van der Waals surface area contributed by atoms with Crippen LogP contribution in [-0.4, -0.2) is 16.3 Å². The Labute approximate surface area is 269 Å². The molecule has 5 rings (SSSR count). The van der Waals surface area contributed by atoms with E-state index in [1.54, 1.807) is 5.56 Å². The quantitative estimate of drug-likeness (QED) is 0.218. The van der Waals surface area contributed by atoms with Crippen LogP contribution in [0.15, 0.2) is 79.3 Å². The van der Waals surface area contributed by atoms with Crippen molar-refractivity contribution in [1.82, 2.24) is 9.78 Å². The minimum atomic E-state index is 0.369. The molecule has 44 heavy (non-hydrogen) atoms. The Hall–Kier alpha value is -3.07. The van der Waals surface area contributed by atoms with Crippen LogP contribution in [0.1, 0.15) is 127 Å². The second-order valence-electron chi connectivity index (χ2n) is 13.9. The number of nitrogens with zero attached hydrogens (tertiary/aromatic N) is 3.